The number of anilines is 1. The van der Waals surface area contributed by atoms with E-state index in [0.717, 1.165) is 30.6 Å². The number of hydrogen-bond acceptors (Lipinski definition) is 6. The minimum absolute atomic E-state index is 0.0248. The Kier molecular flexibility index (Phi) is 7.16. The lowest BCUT2D eigenvalue weighted by Crippen LogP contribution is -2.45. The van der Waals surface area contributed by atoms with Gasteiger partial charge in [-0.05, 0) is 37.5 Å². The van der Waals surface area contributed by atoms with E-state index in [4.69, 9.17) is 11.6 Å². The molecule has 2 N–H and O–H groups in total. The molecule has 0 spiro atoms. The average molecular weight is 436 g/mol. The van der Waals surface area contributed by atoms with Crippen molar-refractivity contribution in [1.29, 1.82) is 0 Å². The number of carbonyl (C=O) groups is 3. The normalized spacial score (nSPS) is 16.3. The van der Waals surface area contributed by atoms with E-state index in [-0.39, 0.29) is 27.7 Å². The first-order valence-corrected chi connectivity index (χ1v) is 10.6. The molecule has 1 aromatic carbocycles. The van der Waals surface area contributed by atoms with Crippen LogP contribution in [0.25, 0.3) is 0 Å². The Labute approximate surface area is 177 Å². The third-order valence-corrected chi connectivity index (χ3v) is 5.66. The van der Waals surface area contributed by atoms with Crippen LogP contribution in [0, 0.1) is 5.92 Å². The van der Waals surface area contributed by atoms with Crippen molar-refractivity contribution in [2.75, 3.05) is 25.0 Å². The third kappa shape index (κ3) is 5.51. The van der Waals surface area contributed by atoms with Crippen LogP contribution in [0.5, 0.6) is 0 Å². The summed E-state index contributed by atoms with van der Waals surface area (Å²) in [5.74, 6) is -1.02. The molecular formula is C19H22ClN5O3S. The van der Waals surface area contributed by atoms with Gasteiger partial charge in [-0.25, -0.2) is 0 Å². The van der Waals surface area contributed by atoms with Gasteiger partial charge in [0.1, 0.15) is 0 Å². The van der Waals surface area contributed by atoms with Gasteiger partial charge in [-0.2, -0.15) is 0 Å². The van der Waals surface area contributed by atoms with Crippen LogP contribution in [0.4, 0.5) is 5.69 Å². The average Bonchev–Trinajstić information content (AvgIpc) is 3.22. The molecule has 0 unspecified atom stereocenters. The molecule has 10 heteroatoms. The summed E-state index contributed by atoms with van der Waals surface area (Å²) in [6.07, 6.45) is 2.37. The first kappa shape index (κ1) is 21.2. The molecule has 1 aromatic heterocycles. The van der Waals surface area contributed by atoms with Gasteiger partial charge < -0.3 is 15.5 Å². The SMILES string of the molecule is CCCNC(=O)[C@@H]1CCCN(C(=O)c2nnc(C(=O)Nc3cccc(Cl)c3)s2)C1. The second-order valence-corrected chi connectivity index (χ2v) is 8.17. The number of rotatable bonds is 6. The fourth-order valence-electron chi connectivity index (χ4n) is 3.06. The Bertz CT molecular complexity index is 903. The van der Waals surface area contributed by atoms with E-state index >= 15 is 0 Å². The molecule has 1 aliphatic heterocycles. The van der Waals surface area contributed by atoms with Gasteiger partial charge in [0, 0.05) is 30.3 Å². The largest absolute Gasteiger partial charge is 0.356 e. The van der Waals surface area contributed by atoms with Gasteiger partial charge >= 0.3 is 0 Å². The van der Waals surface area contributed by atoms with E-state index in [0.29, 0.717) is 30.3 Å². The zero-order valence-electron chi connectivity index (χ0n) is 16.0. The van der Waals surface area contributed by atoms with E-state index in [1.54, 1.807) is 29.2 Å². The Morgan fingerprint density at radius 3 is 2.83 bits per heavy atom. The smallest absolute Gasteiger partial charge is 0.286 e. The van der Waals surface area contributed by atoms with E-state index in [9.17, 15) is 14.4 Å². The topological polar surface area (TPSA) is 104 Å². The maximum Gasteiger partial charge on any atom is 0.286 e. The van der Waals surface area contributed by atoms with Gasteiger partial charge in [-0.15, -0.1) is 10.2 Å². The molecule has 154 valence electrons. The predicted octanol–water partition coefficient (Wildman–Crippen LogP) is 2.82. The molecule has 0 bridgehead atoms. The highest BCUT2D eigenvalue weighted by Crippen LogP contribution is 2.21. The van der Waals surface area contributed by atoms with E-state index in [1.807, 2.05) is 6.92 Å². The number of likely N-dealkylation sites (tertiary alicyclic amines) is 1. The molecule has 1 fully saturated rings. The number of aromatic nitrogens is 2. The van der Waals surface area contributed by atoms with Crippen molar-refractivity contribution in [2.45, 2.75) is 26.2 Å². The molecule has 0 aliphatic carbocycles. The second-order valence-electron chi connectivity index (χ2n) is 6.76. The van der Waals surface area contributed by atoms with Crippen molar-refractivity contribution in [3.8, 4) is 0 Å². The fraction of sp³-hybridized carbons (Fsp3) is 0.421. The molecule has 0 radical (unpaired) electrons. The number of nitrogens with zero attached hydrogens (tertiary/aromatic N) is 3. The van der Waals surface area contributed by atoms with E-state index < -0.39 is 5.91 Å². The molecule has 1 saturated heterocycles. The minimum Gasteiger partial charge on any atom is -0.356 e. The van der Waals surface area contributed by atoms with Crippen molar-refractivity contribution in [3.63, 3.8) is 0 Å². The maximum atomic E-state index is 12.8. The summed E-state index contributed by atoms with van der Waals surface area (Å²) in [5.41, 5.74) is 0.530. The Balaban J connectivity index is 1.62. The molecule has 2 heterocycles. The monoisotopic (exact) mass is 435 g/mol. The van der Waals surface area contributed by atoms with Crippen molar-refractivity contribution in [3.05, 3.63) is 39.3 Å². The Hall–Kier alpha value is -2.52. The number of carbonyl (C=O) groups excluding carboxylic acids is 3. The zero-order valence-corrected chi connectivity index (χ0v) is 17.6. The summed E-state index contributed by atoms with van der Waals surface area (Å²) in [7, 11) is 0. The van der Waals surface area contributed by atoms with Gasteiger partial charge in [-0.3, -0.25) is 14.4 Å². The van der Waals surface area contributed by atoms with E-state index in [2.05, 4.69) is 20.8 Å². The number of benzene rings is 1. The van der Waals surface area contributed by atoms with Crippen LogP contribution in [0.3, 0.4) is 0 Å². The molecule has 2 aromatic rings. The third-order valence-electron chi connectivity index (χ3n) is 4.51. The maximum absolute atomic E-state index is 12.8. The Morgan fingerprint density at radius 2 is 2.07 bits per heavy atom. The number of piperidine rings is 1. The molecule has 8 nitrogen and oxygen atoms in total. The van der Waals surface area contributed by atoms with Crippen LogP contribution in [-0.4, -0.2) is 52.5 Å². The molecular weight excluding hydrogens is 414 g/mol. The highest BCUT2D eigenvalue weighted by atomic mass is 35.5. The molecule has 29 heavy (non-hydrogen) atoms. The van der Waals surface area contributed by atoms with Crippen LogP contribution in [-0.2, 0) is 4.79 Å². The van der Waals surface area contributed by atoms with Crippen molar-refractivity contribution in [1.82, 2.24) is 20.4 Å². The Morgan fingerprint density at radius 1 is 1.28 bits per heavy atom. The van der Waals surface area contributed by atoms with Gasteiger partial charge in [0.15, 0.2) is 0 Å². The van der Waals surface area contributed by atoms with Gasteiger partial charge in [0.25, 0.3) is 11.8 Å². The van der Waals surface area contributed by atoms with Crippen LogP contribution in [0.2, 0.25) is 5.02 Å². The first-order valence-electron chi connectivity index (χ1n) is 9.45. The van der Waals surface area contributed by atoms with Crippen LogP contribution in [0.15, 0.2) is 24.3 Å². The van der Waals surface area contributed by atoms with Crippen LogP contribution < -0.4 is 10.6 Å². The van der Waals surface area contributed by atoms with Gasteiger partial charge in [0.2, 0.25) is 15.9 Å². The number of amides is 3. The predicted molar refractivity (Wildman–Crippen MR) is 111 cm³/mol. The molecule has 3 amide bonds. The quantitative estimate of drug-likeness (QED) is 0.725. The lowest BCUT2D eigenvalue weighted by Gasteiger charge is -2.31. The zero-order chi connectivity index (χ0) is 20.8. The van der Waals surface area contributed by atoms with Crippen molar-refractivity contribution >= 4 is 46.3 Å². The summed E-state index contributed by atoms with van der Waals surface area (Å²) in [6, 6.07) is 6.74. The number of nitrogens with one attached hydrogen (secondary N) is 2. The second kappa shape index (κ2) is 9.80. The highest BCUT2D eigenvalue weighted by Gasteiger charge is 2.30. The lowest BCUT2D eigenvalue weighted by atomic mass is 9.97. The molecule has 1 aliphatic rings. The summed E-state index contributed by atoms with van der Waals surface area (Å²) >= 11 is 6.84. The summed E-state index contributed by atoms with van der Waals surface area (Å²) < 4.78 is 0. The summed E-state index contributed by atoms with van der Waals surface area (Å²) in [4.78, 5) is 39.0. The fourth-order valence-corrected chi connectivity index (χ4v) is 3.95. The van der Waals surface area contributed by atoms with Crippen LogP contribution >= 0.6 is 22.9 Å². The summed E-state index contributed by atoms with van der Waals surface area (Å²) in [5, 5.41) is 14.0. The highest BCUT2D eigenvalue weighted by molar-refractivity contribution is 7.15. The van der Waals surface area contributed by atoms with Crippen molar-refractivity contribution < 1.29 is 14.4 Å². The first-order chi connectivity index (χ1) is 14.0. The number of halogens is 1. The number of hydrogen-bond donors (Lipinski definition) is 2. The molecule has 0 saturated carbocycles. The summed E-state index contributed by atoms with van der Waals surface area (Å²) in [6.45, 7) is 3.52. The minimum atomic E-state index is -0.459. The lowest BCUT2D eigenvalue weighted by molar-refractivity contribution is -0.126. The van der Waals surface area contributed by atoms with Gasteiger partial charge in [0.05, 0.1) is 5.92 Å². The van der Waals surface area contributed by atoms with Gasteiger partial charge in [-0.1, -0.05) is 35.9 Å². The van der Waals surface area contributed by atoms with Crippen molar-refractivity contribution in [2.24, 2.45) is 5.92 Å². The molecule has 1 atom stereocenters. The standard InChI is InChI=1S/C19H22ClN5O3S/c1-2-8-21-15(26)12-5-4-9-25(11-12)19(28)18-24-23-17(29-18)16(27)22-14-7-3-6-13(20)10-14/h3,6-7,10,12H,2,4-5,8-9,11H2,1H3,(H,21,26)(H,22,27)/t12-/m1/s1. The van der Waals surface area contributed by atoms with Crippen LogP contribution in [0.1, 0.15) is 45.8 Å². The van der Waals surface area contributed by atoms with E-state index in [1.165, 1.54) is 0 Å². The molecule has 3 rings (SSSR count).